The number of nitrogens with zero attached hydrogens (tertiary/aromatic N) is 1. The van der Waals surface area contributed by atoms with Crippen LogP contribution in [0, 0.1) is 5.82 Å². The standard InChI is InChI=1S/C25H28FNO6/c1-4-6-7-12-27-22(15-8-10-18(28)20(13-15)33-5-2)21(24(30)25(27)31)23(29)17-14-16(26)9-11-19(17)32-3/h8-11,13-14,22,28-29H,4-7,12H2,1-3H3/b23-21+. The summed E-state index contributed by atoms with van der Waals surface area (Å²) in [5.41, 5.74) is 0.273. The Bertz CT molecular complexity index is 1080. The Morgan fingerprint density at radius 3 is 2.52 bits per heavy atom. The highest BCUT2D eigenvalue weighted by atomic mass is 19.1. The van der Waals surface area contributed by atoms with Gasteiger partial charge in [-0.25, -0.2) is 4.39 Å². The summed E-state index contributed by atoms with van der Waals surface area (Å²) in [6.07, 6.45) is 2.44. The molecule has 0 aromatic heterocycles. The van der Waals surface area contributed by atoms with Gasteiger partial charge in [0.1, 0.15) is 17.3 Å². The number of halogens is 1. The van der Waals surface area contributed by atoms with Gasteiger partial charge < -0.3 is 24.6 Å². The molecule has 2 aromatic carbocycles. The predicted molar refractivity (Wildman–Crippen MR) is 121 cm³/mol. The fourth-order valence-corrected chi connectivity index (χ4v) is 3.97. The first-order valence-electron chi connectivity index (χ1n) is 10.9. The number of rotatable bonds is 9. The molecular weight excluding hydrogens is 429 g/mol. The summed E-state index contributed by atoms with van der Waals surface area (Å²) in [6.45, 7) is 4.38. The van der Waals surface area contributed by atoms with Gasteiger partial charge in [0.25, 0.3) is 11.7 Å². The van der Waals surface area contributed by atoms with Crippen molar-refractivity contribution in [2.24, 2.45) is 0 Å². The second-order valence-electron chi connectivity index (χ2n) is 7.70. The fraction of sp³-hybridized carbons (Fsp3) is 0.360. The Morgan fingerprint density at radius 1 is 1.09 bits per heavy atom. The van der Waals surface area contributed by atoms with Crippen molar-refractivity contribution in [2.75, 3.05) is 20.3 Å². The van der Waals surface area contributed by atoms with Crippen LogP contribution in [0.15, 0.2) is 42.0 Å². The lowest BCUT2D eigenvalue weighted by Crippen LogP contribution is -2.30. The van der Waals surface area contributed by atoms with Gasteiger partial charge >= 0.3 is 0 Å². The maximum absolute atomic E-state index is 14.0. The summed E-state index contributed by atoms with van der Waals surface area (Å²) in [6, 6.07) is 7.15. The molecule has 1 aliphatic heterocycles. The van der Waals surface area contributed by atoms with Crippen LogP contribution in [0.2, 0.25) is 0 Å². The summed E-state index contributed by atoms with van der Waals surface area (Å²) in [4.78, 5) is 27.5. The monoisotopic (exact) mass is 457 g/mol. The molecule has 0 aliphatic carbocycles. The number of hydrogen-bond donors (Lipinski definition) is 2. The fourth-order valence-electron chi connectivity index (χ4n) is 3.97. The molecule has 0 bridgehead atoms. The summed E-state index contributed by atoms with van der Waals surface area (Å²) >= 11 is 0. The Balaban J connectivity index is 2.21. The quantitative estimate of drug-likeness (QED) is 0.248. The minimum atomic E-state index is -0.936. The van der Waals surface area contributed by atoms with Crippen LogP contribution in [-0.4, -0.2) is 47.1 Å². The van der Waals surface area contributed by atoms with Gasteiger partial charge in [-0.2, -0.15) is 0 Å². The van der Waals surface area contributed by atoms with Crippen LogP contribution in [0.1, 0.15) is 50.3 Å². The van der Waals surface area contributed by atoms with Crippen molar-refractivity contribution in [1.82, 2.24) is 4.90 Å². The van der Waals surface area contributed by atoms with E-state index in [1.165, 1.54) is 36.3 Å². The third-order valence-corrected chi connectivity index (χ3v) is 5.56. The third-order valence-electron chi connectivity index (χ3n) is 5.56. The van der Waals surface area contributed by atoms with Gasteiger partial charge in [-0.15, -0.1) is 0 Å². The number of amides is 1. The van der Waals surface area contributed by atoms with Crippen LogP contribution in [0.5, 0.6) is 17.2 Å². The number of carbonyl (C=O) groups is 2. The molecule has 1 unspecified atom stereocenters. The van der Waals surface area contributed by atoms with Crippen LogP contribution in [-0.2, 0) is 9.59 Å². The van der Waals surface area contributed by atoms with Crippen molar-refractivity contribution in [1.29, 1.82) is 0 Å². The van der Waals surface area contributed by atoms with Gasteiger partial charge in [-0.05, 0) is 49.2 Å². The van der Waals surface area contributed by atoms with Crippen molar-refractivity contribution in [3.63, 3.8) is 0 Å². The Labute approximate surface area is 192 Å². The zero-order valence-electron chi connectivity index (χ0n) is 18.9. The predicted octanol–water partition coefficient (Wildman–Crippen LogP) is 4.55. The van der Waals surface area contributed by atoms with E-state index in [1.807, 2.05) is 6.92 Å². The number of carbonyl (C=O) groups excluding carboxylic acids is 2. The Hall–Kier alpha value is -3.55. The largest absolute Gasteiger partial charge is 0.507 e. The molecule has 0 radical (unpaired) electrons. The molecule has 1 fully saturated rings. The lowest BCUT2D eigenvalue weighted by Gasteiger charge is -2.26. The van der Waals surface area contributed by atoms with E-state index in [-0.39, 0.29) is 28.4 Å². The maximum Gasteiger partial charge on any atom is 0.295 e. The van der Waals surface area contributed by atoms with Crippen LogP contribution in [0.3, 0.4) is 0 Å². The van der Waals surface area contributed by atoms with Crippen molar-refractivity contribution in [3.8, 4) is 17.2 Å². The van der Waals surface area contributed by atoms with Gasteiger partial charge in [-0.3, -0.25) is 9.59 Å². The number of phenols is 1. The number of methoxy groups -OCH3 is 1. The highest BCUT2D eigenvalue weighted by Gasteiger charge is 2.46. The smallest absolute Gasteiger partial charge is 0.295 e. The molecule has 0 saturated carbocycles. The molecule has 176 valence electrons. The molecule has 1 amide bonds. The first-order valence-corrected chi connectivity index (χ1v) is 10.9. The van der Waals surface area contributed by atoms with Gasteiger partial charge in [0, 0.05) is 6.54 Å². The lowest BCUT2D eigenvalue weighted by atomic mass is 9.94. The molecule has 7 nitrogen and oxygen atoms in total. The van der Waals surface area contributed by atoms with E-state index in [1.54, 1.807) is 13.0 Å². The summed E-state index contributed by atoms with van der Waals surface area (Å²) in [7, 11) is 1.36. The second kappa shape index (κ2) is 10.4. The van der Waals surface area contributed by atoms with Gasteiger partial charge in [0.2, 0.25) is 0 Å². The second-order valence-corrected chi connectivity index (χ2v) is 7.70. The zero-order chi connectivity index (χ0) is 24.1. The molecular formula is C25H28FNO6. The van der Waals surface area contributed by atoms with E-state index in [4.69, 9.17) is 9.47 Å². The number of aromatic hydroxyl groups is 1. The molecule has 3 rings (SSSR count). The van der Waals surface area contributed by atoms with Crippen molar-refractivity contribution < 1.29 is 33.7 Å². The molecule has 1 atom stereocenters. The minimum Gasteiger partial charge on any atom is -0.507 e. The number of unbranched alkanes of at least 4 members (excludes halogenated alkanes) is 2. The van der Waals surface area contributed by atoms with Crippen LogP contribution in [0.25, 0.3) is 5.76 Å². The maximum atomic E-state index is 14.0. The highest BCUT2D eigenvalue weighted by Crippen LogP contribution is 2.43. The van der Waals surface area contributed by atoms with Crippen LogP contribution < -0.4 is 9.47 Å². The van der Waals surface area contributed by atoms with Gasteiger partial charge in [0.05, 0.1) is 30.9 Å². The number of aliphatic hydroxyl groups is 1. The van der Waals surface area contributed by atoms with Gasteiger partial charge in [0.15, 0.2) is 11.5 Å². The Kier molecular flexibility index (Phi) is 7.58. The van der Waals surface area contributed by atoms with Crippen molar-refractivity contribution in [2.45, 2.75) is 39.2 Å². The average Bonchev–Trinajstić information content (AvgIpc) is 3.05. The third kappa shape index (κ3) is 4.79. The molecule has 2 N–H and O–H groups in total. The number of phenolic OH excluding ortho intramolecular Hbond substituents is 1. The number of benzene rings is 2. The number of ether oxygens (including phenoxy) is 2. The SMILES string of the molecule is CCCCCN1C(=O)C(=O)/C(=C(/O)c2cc(F)ccc2OC)C1c1ccc(O)c(OCC)c1. The normalized spacial score (nSPS) is 17.5. The van der Waals surface area contributed by atoms with Crippen molar-refractivity contribution in [3.05, 3.63) is 58.9 Å². The summed E-state index contributed by atoms with van der Waals surface area (Å²) in [5, 5.41) is 21.3. The topological polar surface area (TPSA) is 96.3 Å². The van der Waals surface area contributed by atoms with E-state index in [0.29, 0.717) is 25.1 Å². The molecule has 0 spiro atoms. The number of likely N-dealkylation sites (tertiary alicyclic amines) is 1. The zero-order valence-corrected chi connectivity index (χ0v) is 18.9. The van der Waals surface area contributed by atoms with E-state index < -0.39 is 29.3 Å². The molecule has 1 aliphatic rings. The van der Waals surface area contributed by atoms with Crippen molar-refractivity contribution >= 4 is 17.4 Å². The van der Waals surface area contributed by atoms with E-state index in [0.717, 1.165) is 18.9 Å². The van der Waals surface area contributed by atoms with E-state index in [9.17, 15) is 24.2 Å². The molecule has 33 heavy (non-hydrogen) atoms. The first-order chi connectivity index (χ1) is 15.8. The number of ketones is 1. The first kappa shape index (κ1) is 24.1. The average molecular weight is 457 g/mol. The number of aliphatic hydroxyl groups excluding tert-OH is 1. The minimum absolute atomic E-state index is 0.0298. The summed E-state index contributed by atoms with van der Waals surface area (Å²) < 4.78 is 24.7. The number of Topliss-reactive ketones (excluding diaryl/α,β-unsaturated/α-hetero) is 1. The van der Waals surface area contributed by atoms with Crippen LogP contribution in [0.4, 0.5) is 4.39 Å². The lowest BCUT2D eigenvalue weighted by molar-refractivity contribution is -0.139. The van der Waals surface area contributed by atoms with Gasteiger partial charge in [-0.1, -0.05) is 25.8 Å². The van der Waals surface area contributed by atoms with E-state index >= 15 is 0 Å². The van der Waals surface area contributed by atoms with Crippen LogP contribution >= 0.6 is 0 Å². The molecule has 8 heteroatoms. The van der Waals surface area contributed by atoms with E-state index in [2.05, 4.69) is 0 Å². The summed E-state index contributed by atoms with van der Waals surface area (Å²) in [5.74, 6) is -2.52. The Morgan fingerprint density at radius 2 is 1.85 bits per heavy atom. The number of hydrogen-bond acceptors (Lipinski definition) is 6. The molecule has 2 aromatic rings. The molecule has 1 heterocycles. The molecule has 1 saturated heterocycles. The highest BCUT2D eigenvalue weighted by molar-refractivity contribution is 6.46.